The molecule has 0 aliphatic rings. The first-order valence-electron chi connectivity index (χ1n) is 6.70. The van der Waals surface area contributed by atoms with Crippen LogP contribution < -0.4 is 16.7 Å². The van der Waals surface area contributed by atoms with Crippen molar-refractivity contribution in [2.24, 2.45) is 5.73 Å². The molecule has 1 aromatic heterocycles. The van der Waals surface area contributed by atoms with E-state index in [0.29, 0.717) is 24.7 Å². The zero-order valence-corrected chi connectivity index (χ0v) is 13.2. The van der Waals surface area contributed by atoms with Crippen LogP contribution in [0.1, 0.15) is 34.1 Å². The van der Waals surface area contributed by atoms with Gasteiger partial charge in [-0.2, -0.15) is 0 Å². The molecule has 1 amide bonds. The molecule has 2 atom stereocenters. The lowest BCUT2D eigenvalue weighted by atomic mass is 9.95. The quantitative estimate of drug-likeness (QED) is 0.599. The fraction of sp³-hybridized carbons (Fsp3) is 0.750. The summed E-state index contributed by atoms with van der Waals surface area (Å²) in [5, 5.41) is 10.3. The number of amides is 1. The molecular weight excluding hydrogens is 278 g/mol. The van der Waals surface area contributed by atoms with Gasteiger partial charge in [0.15, 0.2) is 5.16 Å². The maximum atomic E-state index is 11.6. The molecule has 7 nitrogen and oxygen atoms in total. The van der Waals surface area contributed by atoms with E-state index in [4.69, 9.17) is 5.73 Å². The number of likely N-dealkylation sites (N-methyl/N-ethyl adjacent to an activating group) is 1. The molecule has 1 heterocycles. The van der Waals surface area contributed by atoms with Crippen molar-refractivity contribution in [3.05, 3.63) is 10.5 Å². The molecule has 0 fully saturated rings. The van der Waals surface area contributed by atoms with Gasteiger partial charge in [-0.1, -0.05) is 25.6 Å². The van der Waals surface area contributed by atoms with Crippen molar-refractivity contribution in [2.75, 3.05) is 6.54 Å². The lowest BCUT2D eigenvalue weighted by Crippen LogP contribution is -2.54. The van der Waals surface area contributed by atoms with Gasteiger partial charge >= 0.3 is 5.69 Å². The van der Waals surface area contributed by atoms with E-state index in [2.05, 4.69) is 15.5 Å². The van der Waals surface area contributed by atoms with E-state index in [1.54, 1.807) is 11.5 Å². The van der Waals surface area contributed by atoms with Crippen molar-refractivity contribution < 1.29 is 4.79 Å². The minimum atomic E-state index is -0.755. The number of H-pyrrole nitrogens is 1. The zero-order valence-electron chi connectivity index (χ0n) is 12.4. The number of aromatic nitrogens is 3. The Labute approximate surface area is 122 Å². The van der Waals surface area contributed by atoms with Crippen LogP contribution in [0.15, 0.2) is 9.95 Å². The molecule has 4 N–H and O–H groups in total. The summed E-state index contributed by atoms with van der Waals surface area (Å²) in [4.78, 5) is 23.1. The second-order valence-electron chi connectivity index (χ2n) is 4.91. The van der Waals surface area contributed by atoms with E-state index < -0.39 is 5.54 Å². The molecule has 20 heavy (non-hydrogen) atoms. The molecule has 1 aromatic rings. The van der Waals surface area contributed by atoms with Crippen LogP contribution in [0, 0.1) is 0 Å². The molecule has 0 aliphatic heterocycles. The lowest BCUT2D eigenvalue weighted by Gasteiger charge is -2.29. The summed E-state index contributed by atoms with van der Waals surface area (Å²) in [6.07, 6.45) is 0.561. The Kier molecular flexibility index (Phi) is 5.82. The number of nitrogens with zero attached hydrogens (tertiary/aromatic N) is 2. The summed E-state index contributed by atoms with van der Waals surface area (Å²) in [6.45, 7) is 8.83. The number of hydrogen-bond donors (Lipinski definition) is 3. The van der Waals surface area contributed by atoms with Gasteiger partial charge in [-0.3, -0.25) is 9.36 Å². The van der Waals surface area contributed by atoms with Crippen LogP contribution in [-0.2, 0) is 11.3 Å². The smallest absolute Gasteiger partial charge is 0.343 e. The zero-order chi connectivity index (χ0) is 15.3. The lowest BCUT2D eigenvalue weighted by molar-refractivity contribution is -0.124. The molecule has 0 aromatic carbocycles. The van der Waals surface area contributed by atoms with E-state index in [0.717, 1.165) is 0 Å². The second-order valence-corrected chi connectivity index (χ2v) is 6.32. The monoisotopic (exact) mass is 301 g/mol. The van der Waals surface area contributed by atoms with Crippen molar-refractivity contribution in [1.29, 1.82) is 0 Å². The van der Waals surface area contributed by atoms with Crippen LogP contribution in [0.4, 0.5) is 0 Å². The third-order valence-electron chi connectivity index (χ3n) is 3.15. The van der Waals surface area contributed by atoms with E-state index in [9.17, 15) is 9.59 Å². The third-order valence-corrected chi connectivity index (χ3v) is 4.24. The van der Waals surface area contributed by atoms with Gasteiger partial charge in [0.25, 0.3) is 0 Å². The Morgan fingerprint density at radius 1 is 1.60 bits per heavy atom. The van der Waals surface area contributed by atoms with Crippen molar-refractivity contribution in [2.45, 2.75) is 56.6 Å². The maximum Gasteiger partial charge on any atom is 0.343 e. The molecule has 8 heteroatoms. The summed E-state index contributed by atoms with van der Waals surface area (Å²) in [7, 11) is 0. The SMILES string of the molecule is CCNC(C)(CC(C)Sc1n[nH]c(=O)n1CC)C(N)=O. The Morgan fingerprint density at radius 3 is 2.75 bits per heavy atom. The van der Waals surface area contributed by atoms with E-state index in [-0.39, 0.29) is 16.8 Å². The minimum absolute atomic E-state index is 0.0899. The average Bonchev–Trinajstić information content (AvgIpc) is 2.69. The summed E-state index contributed by atoms with van der Waals surface area (Å²) in [6, 6.07) is 0. The predicted molar refractivity (Wildman–Crippen MR) is 79.7 cm³/mol. The highest BCUT2D eigenvalue weighted by Crippen LogP contribution is 2.26. The number of hydrogen-bond acceptors (Lipinski definition) is 5. The van der Waals surface area contributed by atoms with E-state index in [1.807, 2.05) is 20.8 Å². The number of carbonyl (C=O) groups is 1. The molecule has 0 saturated heterocycles. The second kappa shape index (κ2) is 6.94. The van der Waals surface area contributed by atoms with Crippen LogP contribution in [0.25, 0.3) is 0 Å². The van der Waals surface area contributed by atoms with E-state index >= 15 is 0 Å². The van der Waals surface area contributed by atoms with Crippen LogP contribution in [0.2, 0.25) is 0 Å². The highest BCUT2D eigenvalue weighted by Gasteiger charge is 2.32. The van der Waals surface area contributed by atoms with Crippen molar-refractivity contribution in [3.8, 4) is 0 Å². The molecule has 0 bridgehead atoms. The van der Waals surface area contributed by atoms with Crippen molar-refractivity contribution >= 4 is 17.7 Å². The maximum absolute atomic E-state index is 11.6. The average molecular weight is 301 g/mol. The molecule has 0 radical (unpaired) electrons. The van der Waals surface area contributed by atoms with Gasteiger partial charge in [0, 0.05) is 11.8 Å². The summed E-state index contributed by atoms with van der Waals surface area (Å²) >= 11 is 1.46. The fourth-order valence-corrected chi connectivity index (χ4v) is 3.33. The Balaban J connectivity index is 2.78. The van der Waals surface area contributed by atoms with Crippen molar-refractivity contribution in [1.82, 2.24) is 20.1 Å². The number of rotatable bonds is 8. The van der Waals surface area contributed by atoms with Crippen LogP contribution in [0.3, 0.4) is 0 Å². The predicted octanol–water partition coefficient (Wildman–Crippen LogP) is 0.316. The molecule has 114 valence electrons. The van der Waals surface area contributed by atoms with Crippen LogP contribution in [-0.4, -0.2) is 38.0 Å². The van der Waals surface area contributed by atoms with Crippen LogP contribution >= 0.6 is 11.8 Å². The molecule has 2 unspecified atom stereocenters. The molecule has 0 saturated carbocycles. The van der Waals surface area contributed by atoms with Gasteiger partial charge in [0.1, 0.15) is 0 Å². The molecular formula is C12H23N5O2S. The van der Waals surface area contributed by atoms with Crippen LogP contribution in [0.5, 0.6) is 0 Å². The topological polar surface area (TPSA) is 106 Å². The highest BCUT2D eigenvalue weighted by atomic mass is 32.2. The summed E-state index contributed by atoms with van der Waals surface area (Å²) < 4.78 is 1.57. The van der Waals surface area contributed by atoms with Gasteiger partial charge in [-0.05, 0) is 26.8 Å². The number of nitrogens with two attached hydrogens (primary N) is 1. The first kappa shape index (κ1) is 16.8. The summed E-state index contributed by atoms with van der Waals surface area (Å²) in [5.41, 5.74) is 4.50. The third kappa shape index (κ3) is 3.86. The Morgan fingerprint density at radius 2 is 2.25 bits per heavy atom. The van der Waals surface area contributed by atoms with Crippen molar-refractivity contribution in [3.63, 3.8) is 0 Å². The van der Waals surface area contributed by atoms with Gasteiger partial charge in [-0.25, -0.2) is 9.89 Å². The van der Waals surface area contributed by atoms with Gasteiger partial charge < -0.3 is 11.1 Å². The molecule has 1 rings (SSSR count). The van der Waals surface area contributed by atoms with Gasteiger partial charge in [0.2, 0.25) is 5.91 Å². The number of nitrogens with one attached hydrogen (secondary N) is 2. The highest BCUT2D eigenvalue weighted by molar-refractivity contribution is 7.99. The largest absolute Gasteiger partial charge is 0.368 e. The first-order chi connectivity index (χ1) is 9.34. The minimum Gasteiger partial charge on any atom is -0.368 e. The number of carbonyl (C=O) groups excluding carboxylic acids is 1. The number of thioether (sulfide) groups is 1. The standard InChI is InChI=1S/C12H23N5O2S/c1-5-14-12(4,9(13)18)7-8(3)20-11-16-15-10(19)17(11)6-2/h8,14H,5-7H2,1-4H3,(H2,13,18)(H,15,19). The summed E-state index contributed by atoms with van der Waals surface area (Å²) in [5.74, 6) is -0.373. The van der Waals surface area contributed by atoms with Gasteiger partial charge in [0.05, 0.1) is 5.54 Å². The number of aromatic amines is 1. The van der Waals surface area contributed by atoms with E-state index in [1.165, 1.54) is 11.8 Å². The molecule has 0 aliphatic carbocycles. The first-order valence-corrected chi connectivity index (χ1v) is 7.58. The Hall–Kier alpha value is -1.28. The fourth-order valence-electron chi connectivity index (χ4n) is 2.12. The van der Waals surface area contributed by atoms with Gasteiger partial charge in [-0.15, -0.1) is 5.10 Å². The Bertz CT molecular complexity index is 512. The number of primary amides is 1. The molecule has 0 spiro atoms. The normalized spacial score (nSPS) is 15.8.